The third-order valence-corrected chi connectivity index (χ3v) is 6.71. The fraction of sp³-hybridized carbons (Fsp3) is 0.333. The molecule has 1 aromatic heterocycles. The second-order valence-electron chi connectivity index (χ2n) is 5.63. The van der Waals surface area contributed by atoms with E-state index in [4.69, 9.17) is 23.4 Å². The summed E-state index contributed by atoms with van der Waals surface area (Å²) in [6.07, 6.45) is 4.53. The van der Waals surface area contributed by atoms with Gasteiger partial charge in [0.15, 0.2) is 10.5 Å². The number of carbonyl (C=O) groups excluding carboxylic acids is 1. The van der Waals surface area contributed by atoms with Gasteiger partial charge in [0.25, 0.3) is 10.0 Å². The summed E-state index contributed by atoms with van der Waals surface area (Å²) in [6.45, 7) is 1.32. The van der Waals surface area contributed by atoms with Crippen LogP contribution in [0.1, 0.15) is 47.2 Å². The van der Waals surface area contributed by atoms with Gasteiger partial charge >= 0.3 is 0 Å². The smallest absolute Gasteiger partial charge is 0.265 e. The molecular formula is C15H14Cl2N2O4S. The molecular weight excluding hydrogens is 375 g/mol. The number of hydrogen-bond donors (Lipinski definition) is 0. The summed E-state index contributed by atoms with van der Waals surface area (Å²) < 4.78 is 28.5. The highest BCUT2D eigenvalue weighted by atomic mass is 35.5. The first kappa shape index (κ1) is 17.3. The molecule has 1 saturated carbocycles. The van der Waals surface area contributed by atoms with Crippen LogP contribution in [0.2, 0.25) is 0 Å². The Morgan fingerprint density at radius 3 is 2.58 bits per heavy atom. The number of alkyl halides is 1. The van der Waals surface area contributed by atoms with E-state index in [1.807, 2.05) is 0 Å². The fourth-order valence-corrected chi connectivity index (χ4v) is 3.75. The molecule has 6 nitrogen and oxygen atoms in total. The van der Waals surface area contributed by atoms with Gasteiger partial charge in [-0.1, -0.05) is 5.16 Å². The van der Waals surface area contributed by atoms with Crippen molar-refractivity contribution in [1.82, 2.24) is 5.16 Å². The summed E-state index contributed by atoms with van der Waals surface area (Å²) in [5.74, 6) is -0.0124. The molecule has 0 amide bonds. The second-order valence-corrected chi connectivity index (χ2v) is 9.19. The number of carbonyl (C=O) groups is 1. The summed E-state index contributed by atoms with van der Waals surface area (Å²) in [7, 11) is -3.93. The maximum Gasteiger partial charge on any atom is 0.265 e. The van der Waals surface area contributed by atoms with E-state index in [9.17, 15) is 13.2 Å². The third kappa shape index (κ3) is 3.29. The summed E-state index contributed by atoms with van der Waals surface area (Å²) in [4.78, 5) is 12.5. The number of rotatable bonds is 6. The lowest BCUT2D eigenvalue weighted by atomic mass is 10.0. The molecule has 9 heteroatoms. The Morgan fingerprint density at radius 1 is 1.33 bits per heavy atom. The van der Waals surface area contributed by atoms with E-state index >= 15 is 0 Å². The van der Waals surface area contributed by atoms with Gasteiger partial charge in [0.1, 0.15) is 6.26 Å². The minimum absolute atomic E-state index is 0.188. The van der Waals surface area contributed by atoms with Crippen LogP contribution in [-0.4, -0.2) is 24.1 Å². The number of aromatic nitrogens is 1. The van der Waals surface area contributed by atoms with Crippen molar-refractivity contribution < 1.29 is 17.7 Å². The van der Waals surface area contributed by atoms with Crippen molar-refractivity contribution in [2.24, 2.45) is 0 Å². The van der Waals surface area contributed by atoms with Crippen LogP contribution >= 0.6 is 23.4 Å². The number of hydrogen-bond acceptors (Lipinski definition) is 5. The number of nitrogens with zero attached hydrogens (tertiary/aromatic N) is 2. The molecule has 0 spiro atoms. The average Bonchev–Trinajstić information content (AvgIpc) is 3.27. The van der Waals surface area contributed by atoms with Crippen molar-refractivity contribution in [3.05, 3.63) is 47.3 Å². The molecule has 0 bridgehead atoms. The van der Waals surface area contributed by atoms with Crippen LogP contribution < -0.4 is 3.82 Å². The Balaban J connectivity index is 2.05. The molecule has 1 aromatic carbocycles. The summed E-state index contributed by atoms with van der Waals surface area (Å²) in [5, 5.41) is 3.51. The molecule has 0 saturated heterocycles. The van der Waals surface area contributed by atoms with Crippen LogP contribution in [0.3, 0.4) is 0 Å². The lowest BCUT2D eigenvalue weighted by Crippen LogP contribution is -2.27. The molecule has 1 unspecified atom stereocenters. The molecule has 2 aromatic rings. The molecule has 1 aliphatic carbocycles. The molecule has 24 heavy (non-hydrogen) atoms. The number of sulfonamides is 1. The van der Waals surface area contributed by atoms with Gasteiger partial charge in [-0.2, -0.15) is 3.82 Å². The molecule has 3 rings (SSSR count). The van der Waals surface area contributed by atoms with Gasteiger partial charge in [-0.25, -0.2) is 8.42 Å². The van der Waals surface area contributed by atoms with Gasteiger partial charge in [-0.05, 0) is 49.4 Å². The minimum atomic E-state index is -3.93. The predicted molar refractivity (Wildman–Crippen MR) is 90.9 cm³/mol. The molecule has 1 fully saturated rings. The minimum Gasteiger partial charge on any atom is -0.364 e. The Labute approximate surface area is 149 Å². The SMILES string of the molecule is CC(Cl)S(=O)(=O)N(Cl)c1cc(C(=O)c2cnoc2)cc(C2CC2)c1. The highest BCUT2D eigenvalue weighted by molar-refractivity contribution is 7.95. The highest BCUT2D eigenvalue weighted by Gasteiger charge is 2.30. The zero-order chi connectivity index (χ0) is 17.5. The van der Waals surface area contributed by atoms with Crippen LogP contribution in [0.5, 0.6) is 0 Å². The lowest BCUT2D eigenvalue weighted by Gasteiger charge is -2.19. The van der Waals surface area contributed by atoms with Gasteiger partial charge in [-0.15, -0.1) is 11.6 Å². The number of halogens is 2. The van der Waals surface area contributed by atoms with Crippen molar-refractivity contribution in [1.29, 1.82) is 0 Å². The molecule has 1 atom stereocenters. The van der Waals surface area contributed by atoms with Gasteiger partial charge in [0, 0.05) is 17.3 Å². The topological polar surface area (TPSA) is 80.5 Å². The lowest BCUT2D eigenvalue weighted by molar-refractivity contribution is 0.103. The maximum atomic E-state index is 12.5. The fourth-order valence-electron chi connectivity index (χ4n) is 2.28. The van der Waals surface area contributed by atoms with E-state index in [0.717, 1.165) is 18.4 Å². The van der Waals surface area contributed by atoms with E-state index in [-0.39, 0.29) is 17.0 Å². The monoisotopic (exact) mass is 388 g/mol. The average molecular weight is 389 g/mol. The Hall–Kier alpha value is -1.57. The van der Waals surface area contributed by atoms with E-state index in [0.29, 0.717) is 15.3 Å². The summed E-state index contributed by atoms with van der Waals surface area (Å²) >= 11 is 11.7. The van der Waals surface area contributed by atoms with Crippen LogP contribution in [0.25, 0.3) is 0 Å². The first-order valence-electron chi connectivity index (χ1n) is 7.23. The number of benzene rings is 1. The van der Waals surface area contributed by atoms with E-state index in [1.54, 1.807) is 12.1 Å². The zero-order valence-corrected chi connectivity index (χ0v) is 15.0. The van der Waals surface area contributed by atoms with Crippen molar-refractivity contribution in [3.8, 4) is 0 Å². The predicted octanol–water partition coefficient (Wildman–Crippen LogP) is 3.66. The normalized spacial score (nSPS) is 16.0. The van der Waals surface area contributed by atoms with Crippen molar-refractivity contribution >= 4 is 44.9 Å². The van der Waals surface area contributed by atoms with Crippen LogP contribution in [0.4, 0.5) is 5.69 Å². The van der Waals surface area contributed by atoms with E-state index < -0.39 is 14.7 Å². The van der Waals surface area contributed by atoms with Crippen LogP contribution in [0.15, 0.2) is 35.2 Å². The molecule has 1 heterocycles. The van der Waals surface area contributed by atoms with Gasteiger partial charge in [0.2, 0.25) is 0 Å². The van der Waals surface area contributed by atoms with Crippen LogP contribution in [0, 0.1) is 0 Å². The van der Waals surface area contributed by atoms with Gasteiger partial charge < -0.3 is 4.52 Å². The zero-order valence-electron chi connectivity index (χ0n) is 12.6. The first-order chi connectivity index (χ1) is 11.3. The molecule has 1 aliphatic rings. The van der Waals surface area contributed by atoms with E-state index in [1.165, 1.54) is 25.5 Å². The van der Waals surface area contributed by atoms with Crippen molar-refractivity contribution in [2.45, 2.75) is 30.4 Å². The highest BCUT2D eigenvalue weighted by Crippen LogP contribution is 2.42. The number of anilines is 1. The number of ketones is 1. The van der Waals surface area contributed by atoms with Crippen molar-refractivity contribution in [2.75, 3.05) is 3.82 Å². The maximum absolute atomic E-state index is 12.5. The van der Waals surface area contributed by atoms with E-state index in [2.05, 4.69) is 9.68 Å². The summed E-state index contributed by atoms with van der Waals surface area (Å²) in [5.41, 5.74) is 1.66. The quantitative estimate of drug-likeness (QED) is 0.428. The molecule has 128 valence electrons. The third-order valence-electron chi connectivity index (χ3n) is 3.78. The first-order valence-corrected chi connectivity index (χ1v) is 9.51. The van der Waals surface area contributed by atoms with Crippen LogP contribution in [-0.2, 0) is 10.0 Å². The standard InChI is InChI=1S/C15H14Cl2N2O4S/c1-9(16)24(21,22)19(17)14-5-11(10-2-3-10)4-12(6-14)15(20)13-7-18-23-8-13/h4-10H,2-3H2,1H3. The van der Waals surface area contributed by atoms with Crippen molar-refractivity contribution in [3.63, 3.8) is 0 Å². The summed E-state index contributed by atoms with van der Waals surface area (Å²) in [6, 6.07) is 4.84. The molecule has 0 radical (unpaired) electrons. The van der Waals surface area contributed by atoms with Gasteiger partial charge in [-0.3, -0.25) is 4.79 Å². The Kier molecular flexibility index (Phi) is 4.59. The second kappa shape index (κ2) is 6.38. The van der Waals surface area contributed by atoms with Gasteiger partial charge in [0.05, 0.1) is 17.4 Å². The largest absolute Gasteiger partial charge is 0.364 e. The Morgan fingerprint density at radius 2 is 2.04 bits per heavy atom. The molecule has 0 aliphatic heterocycles. The Bertz CT molecular complexity index is 862. The molecule has 0 N–H and O–H groups in total.